The van der Waals surface area contributed by atoms with Gasteiger partial charge < -0.3 is 15.0 Å². The molecule has 3 aromatic carbocycles. The molecule has 3 rings (SSSR count). The zero-order valence-electron chi connectivity index (χ0n) is 22.5. The Balaban J connectivity index is 2.05. The molecule has 0 aliphatic carbocycles. The molecule has 0 aliphatic heterocycles. The molecular weight excluding hydrogens is 582 g/mol. The smallest absolute Gasteiger partial charge is 0.264 e. The maximum absolute atomic E-state index is 14.0. The number of carbonyl (C=O) groups excluding carboxylic acids is 2. The highest BCUT2D eigenvalue weighted by atomic mass is 79.9. The number of sulfonamides is 1. The molecule has 0 aromatic heterocycles. The van der Waals surface area contributed by atoms with Crippen LogP contribution in [0.3, 0.4) is 0 Å². The lowest BCUT2D eigenvalue weighted by atomic mass is 10.1. The van der Waals surface area contributed by atoms with E-state index in [0.717, 1.165) is 20.8 Å². The summed E-state index contributed by atoms with van der Waals surface area (Å²) >= 11 is 3.45. The Hall–Kier alpha value is -3.37. The highest BCUT2D eigenvalue weighted by Gasteiger charge is 2.33. The van der Waals surface area contributed by atoms with Crippen LogP contribution in [0.5, 0.6) is 5.75 Å². The lowest BCUT2D eigenvalue weighted by Crippen LogP contribution is -2.52. The Morgan fingerprint density at radius 1 is 0.974 bits per heavy atom. The number of amides is 2. The molecule has 39 heavy (non-hydrogen) atoms. The Kier molecular flexibility index (Phi) is 10.5. The van der Waals surface area contributed by atoms with E-state index in [1.165, 1.54) is 24.1 Å². The number of methoxy groups -OCH3 is 1. The number of para-hydroxylation sites is 2. The Morgan fingerprint density at radius 3 is 2.28 bits per heavy atom. The molecule has 0 saturated carbocycles. The molecule has 0 saturated heterocycles. The first-order valence-corrected chi connectivity index (χ1v) is 14.9. The van der Waals surface area contributed by atoms with Crippen LogP contribution in [-0.2, 0) is 26.2 Å². The van der Waals surface area contributed by atoms with Gasteiger partial charge in [-0.25, -0.2) is 8.42 Å². The van der Waals surface area contributed by atoms with Gasteiger partial charge >= 0.3 is 0 Å². The Bertz CT molecular complexity index is 1380. The Labute approximate surface area is 239 Å². The minimum atomic E-state index is -4.17. The molecular formula is C29H34BrN3O5S. The molecule has 0 fully saturated rings. The molecule has 8 nitrogen and oxygen atoms in total. The Morgan fingerprint density at radius 2 is 1.64 bits per heavy atom. The molecule has 2 atom stereocenters. The largest absolute Gasteiger partial charge is 0.495 e. The van der Waals surface area contributed by atoms with Gasteiger partial charge in [-0.1, -0.05) is 65.3 Å². The fraction of sp³-hybridized carbons (Fsp3) is 0.310. The fourth-order valence-corrected chi connectivity index (χ4v) is 5.84. The molecule has 0 spiro atoms. The van der Waals surface area contributed by atoms with E-state index in [-0.39, 0.29) is 29.1 Å². The minimum Gasteiger partial charge on any atom is -0.495 e. The van der Waals surface area contributed by atoms with Crippen molar-refractivity contribution in [1.29, 1.82) is 0 Å². The van der Waals surface area contributed by atoms with Crippen molar-refractivity contribution < 1.29 is 22.7 Å². The number of hydrogen-bond donors (Lipinski definition) is 1. The molecule has 0 radical (unpaired) electrons. The van der Waals surface area contributed by atoms with Crippen LogP contribution in [0.1, 0.15) is 32.8 Å². The van der Waals surface area contributed by atoms with E-state index in [2.05, 4.69) is 21.2 Å². The van der Waals surface area contributed by atoms with E-state index < -0.39 is 28.5 Å². The highest BCUT2D eigenvalue weighted by molar-refractivity contribution is 9.10. The fourth-order valence-electron chi connectivity index (χ4n) is 3.95. The SMILES string of the molecule is CC[C@@H](C)NC(=O)[C@H](C)N(Cc1cccc(Br)c1)C(=O)CN(c1ccccc1OC)S(=O)(=O)c1ccccc1. The van der Waals surface area contributed by atoms with E-state index in [0.29, 0.717) is 5.75 Å². The van der Waals surface area contributed by atoms with Crippen LogP contribution in [0.25, 0.3) is 0 Å². The van der Waals surface area contributed by atoms with Crippen molar-refractivity contribution in [3.8, 4) is 5.75 Å². The summed E-state index contributed by atoms with van der Waals surface area (Å²) in [6.45, 7) is 5.07. The first-order chi connectivity index (χ1) is 18.6. The van der Waals surface area contributed by atoms with Gasteiger partial charge in [-0.3, -0.25) is 13.9 Å². The lowest BCUT2D eigenvalue weighted by Gasteiger charge is -2.32. The van der Waals surface area contributed by atoms with E-state index in [1.54, 1.807) is 49.4 Å². The average Bonchev–Trinajstić information content (AvgIpc) is 2.94. The number of hydrogen-bond acceptors (Lipinski definition) is 5. The van der Waals surface area contributed by atoms with E-state index >= 15 is 0 Å². The van der Waals surface area contributed by atoms with E-state index in [9.17, 15) is 18.0 Å². The third-order valence-corrected chi connectivity index (χ3v) is 8.64. The van der Waals surface area contributed by atoms with Crippen molar-refractivity contribution in [1.82, 2.24) is 10.2 Å². The zero-order valence-corrected chi connectivity index (χ0v) is 24.9. The van der Waals surface area contributed by atoms with Crippen molar-refractivity contribution >= 4 is 43.5 Å². The quantitative estimate of drug-likeness (QED) is 0.310. The van der Waals surface area contributed by atoms with Gasteiger partial charge in [0.1, 0.15) is 18.3 Å². The van der Waals surface area contributed by atoms with Crippen LogP contribution < -0.4 is 14.4 Å². The molecule has 0 heterocycles. The number of carbonyl (C=O) groups is 2. The van der Waals surface area contributed by atoms with Gasteiger partial charge in [0.2, 0.25) is 11.8 Å². The predicted octanol–water partition coefficient (Wildman–Crippen LogP) is 4.99. The molecule has 2 amide bonds. The summed E-state index contributed by atoms with van der Waals surface area (Å²) in [5, 5.41) is 2.93. The highest BCUT2D eigenvalue weighted by Crippen LogP contribution is 2.32. The van der Waals surface area contributed by atoms with E-state index in [1.807, 2.05) is 38.1 Å². The number of anilines is 1. The van der Waals surface area contributed by atoms with Crippen LogP contribution in [0.2, 0.25) is 0 Å². The summed E-state index contributed by atoms with van der Waals surface area (Å²) < 4.78 is 35.0. The van der Waals surface area contributed by atoms with Gasteiger partial charge in [0.05, 0.1) is 17.7 Å². The molecule has 0 unspecified atom stereocenters. The van der Waals surface area contributed by atoms with Crippen molar-refractivity contribution in [2.45, 2.75) is 50.7 Å². The summed E-state index contributed by atoms with van der Waals surface area (Å²) in [6.07, 6.45) is 0.731. The number of nitrogens with one attached hydrogen (secondary N) is 1. The van der Waals surface area contributed by atoms with E-state index in [4.69, 9.17) is 4.74 Å². The van der Waals surface area contributed by atoms with Crippen LogP contribution in [0.15, 0.2) is 88.2 Å². The van der Waals surface area contributed by atoms with Crippen molar-refractivity contribution in [3.05, 3.63) is 88.9 Å². The summed E-state index contributed by atoms with van der Waals surface area (Å²) in [6, 6.07) is 21.0. The topological polar surface area (TPSA) is 96.0 Å². The van der Waals surface area contributed by atoms with Crippen molar-refractivity contribution in [2.75, 3.05) is 18.0 Å². The summed E-state index contributed by atoms with van der Waals surface area (Å²) in [5.41, 5.74) is 1.01. The normalized spacial score (nSPS) is 12.7. The van der Waals surface area contributed by atoms with Gasteiger partial charge in [0, 0.05) is 17.1 Å². The van der Waals surface area contributed by atoms with Gasteiger partial charge in [-0.2, -0.15) is 0 Å². The monoisotopic (exact) mass is 615 g/mol. The molecule has 3 aromatic rings. The number of ether oxygens (including phenoxy) is 1. The minimum absolute atomic E-state index is 0.0322. The average molecular weight is 617 g/mol. The second-order valence-corrected chi connectivity index (χ2v) is 11.9. The predicted molar refractivity (Wildman–Crippen MR) is 156 cm³/mol. The third kappa shape index (κ3) is 7.60. The van der Waals surface area contributed by atoms with Crippen LogP contribution in [0, 0.1) is 0 Å². The second kappa shape index (κ2) is 13.6. The first kappa shape index (κ1) is 30.2. The number of halogens is 1. The maximum atomic E-state index is 14.0. The standard InChI is InChI=1S/C29H34BrN3O5S/c1-5-21(2)31-29(35)22(3)32(19-23-12-11-13-24(30)18-23)28(34)20-33(26-16-9-10-17-27(26)38-4)39(36,37)25-14-7-6-8-15-25/h6-18,21-22H,5,19-20H2,1-4H3,(H,31,35)/t21-,22+/m1/s1. The summed E-state index contributed by atoms with van der Waals surface area (Å²) in [4.78, 5) is 28.5. The number of rotatable bonds is 12. The van der Waals surface area contributed by atoms with Crippen molar-refractivity contribution in [3.63, 3.8) is 0 Å². The van der Waals surface area contributed by atoms with Crippen LogP contribution >= 0.6 is 15.9 Å². The third-order valence-electron chi connectivity index (χ3n) is 6.37. The van der Waals surface area contributed by atoms with Crippen LogP contribution in [0.4, 0.5) is 5.69 Å². The van der Waals surface area contributed by atoms with Crippen LogP contribution in [-0.4, -0.2) is 50.9 Å². The second-order valence-electron chi connectivity index (χ2n) is 9.14. The molecule has 0 aliphatic rings. The lowest BCUT2D eigenvalue weighted by molar-refractivity contribution is -0.139. The van der Waals surface area contributed by atoms with Gasteiger partial charge in [0.25, 0.3) is 10.0 Å². The maximum Gasteiger partial charge on any atom is 0.264 e. The van der Waals surface area contributed by atoms with Gasteiger partial charge in [-0.05, 0) is 62.2 Å². The molecule has 0 bridgehead atoms. The number of nitrogens with zero attached hydrogens (tertiary/aromatic N) is 2. The number of benzene rings is 3. The van der Waals surface area contributed by atoms with Gasteiger partial charge in [0.15, 0.2) is 0 Å². The summed E-state index contributed by atoms with van der Waals surface area (Å²) in [7, 11) is -2.73. The van der Waals surface area contributed by atoms with Gasteiger partial charge in [-0.15, -0.1) is 0 Å². The summed E-state index contributed by atoms with van der Waals surface area (Å²) in [5.74, 6) is -0.555. The zero-order chi connectivity index (χ0) is 28.6. The molecule has 1 N–H and O–H groups in total. The molecule has 208 valence electrons. The first-order valence-electron chi connectivity index (χ1n) is 12.6. The molecule has 10 heteroatoms. The van der Waals surface area contributed by atoms with Crippen molar-refractivity contribution in [2.24, 2.45) is 0 Å².